The van der Waals surface area contributed by atoms with E-state index in [-0.39, 0.29) is 24.3 Å². The maximum atomic E-state index is 12.6. The number of pyridine rings is 2. The van der Waals surface area contributed by atoms with E-state index in [0.29, 0.717) is 35.8 Å². The smallest absolute Gasteiger partial charge is 0.254 e. The van der Waals surface area contributed by atoms with Gasteiger partial charge in [-0.2, -0.15) is 0 Å². The number of nitrogens with one attached hydrogen (secondary N) is 1. The average Bonchev–Trinajstić information content (AvgIpc) is 3.05. The van der Waals surface area contributed by atoms with Gasteiger partial charge in [0.15, 0.2) is 9.84 Å². The molecule has 9 heteroatoms. The molecule has 4 heterocycles. The van der Waals surface area contributed by atoms with Gasteiger partial charge in [-0.3, -0.25) is 9.69 Å². The number of rotatable bonds is 5. The number of nitrogens with zero attached hydrogens (tertiary/aromatic N) is 3. The fourth-order valence-corrected chi connectivity index (χ4v) is 4.52. The zero-order valence-electron chi connectivity index (χ0n) is 17.2. The number of carbonyl (C=O) groups is 1. The Kier molecular flexibility index (Phi) is 5.33. The predicted molar refractivity (Wildman–Crippen MR) is 115 cm³/mol. The van der Waals surface area contributed by atoms with Crippen molar-refractivity contribution in [3.63, 3.8) is 0 Å². The Morgan fingerprint density at radius 1 is 1.20 bits per heavy atom. The number of aromatic nitrogens is 3. The summed E-state index contributed by atoms with van der Waals surface area (Å²) >= 11 is 0. The van der Waals surface area contributed by atoms with E-state index < -0.39 is 9.84 Å². The summed E-state index contributed by atoms with van der Waals surface area (Å²) in [6.45, 7) is 4.34. The highest BCUT2D eigenvalue weighted by Gasteiger charge is 2.30. The highest BCUT2D eigenvalue weighted by atomic mass is 32.2. The Bertz CT molecular complexity index is 1220. The molecule has 0 spiro atoms. The lowest BCUT2D eigenvalue weighted by Crippen LogP contribution is -2.49. The number of ether oxygens (including phenoxy) is 1. The van der Waals surface area contributed by atoms with Crippen molar-refractivity contribution in [1.29, 1.82) is 0 Å². The summed E-state index contributed by atoms with van der Waals surface area (Å²) < 4.78 is 29.3. The first-order valence-electron chi connectivity index (χ1n) is 9.79. The van der Waals surface area contributed by atoms with Gasteiger partial charge in [0.2, 0.25) is 0 Å². The fourth-order valence-electron chi connectivity index (χ4n) is 3.74. The van der Waals surface area contributed by atoms with E-state index in [4.69, 9.17) is 9.72 Å². The molecule has 0 aliphatic carbocycles. The van der Waals surface area contributed by atoms with Crippen molar-refractivity contribution < 1.29 is 17.9 Å². The Morgan fingerprint density at radius 2 is 2.00 bits per heavy atom. The molecular weight excluding hydrogens is 404 g/mol. The van der Waals surface area contributed by atoms with Gasteiger partial charge < -0.3 is 9.72 Å². The van der Waals surface area contributed by atoms with E-state index in [1.54, 1.807) is 17.0 Å². The second kappa shape index (κ2) is 7.81. The monoisotopic (exact) mass is 428 g/mol. The van der Waals surface area contributed by atoms with E-state index in [9.17, 15) is 13.2 Å². The number of hydrogen-bond donors (Lipinski definition) is 1. The molecule has 1 atom stereocenters. The van der Waals surface area contributed by atoms with Crippen LogP contribution in [0.4, 0.5) is 5.82 Å². The summed E-state index contributed by atoms with van der Waals surface area (Å²) in [7, 11) is -3.27. The van der Waals surface area contributed by atoms with Gasteiger partial charge in [0, 0.05) is 11.9 Å². The van der Waals surface area contributed by atoms with Gasteiger partial charge in [-0.1, -0.05) is 6.92 Å². The molecule has 1 saturated heterocycles. The minimum atomic E-state index is -3.27. The summed E-state index contributed by atoms with van der Waals surface area (Å²) in [5.74, 6) is 0.0993. The second-order valence-electron chi connectivity index (χ2n) is 7.71. The maximum absolute atomic E-state index is 12.6. The van der Waals surface area contributed by atoms with Crippen molar-refractivity contribution >= 4 is 32.6 Å². The number of amides is 1. The molecule has 1 amide bonds. The normalized spacial score (nSPS) is 17.6. The zero-order chi connectivity index (χ0) is 21.5. The third-order valence-electron chi connectivity index (χ3n) is 5.06. The first-order valence-corrected chi connectivity index (χ1v) is 11.8. The number of anilines is 1. The number of hydrogen-bond acceptors (Lipinski definition) is 6. The van der Waals surface area contributed by atoms with Gasteiger partial charge in [0.1, 0.15) is 12.4 Å². The highest BCUT2D eigenvalue weighted by Crippen LogP contribution is 2.28. The van der Waals surface area contributed by atoms with Crippen LogP contribution in [0.3, 0.4) is 0 Å². The average molecular weight is 429 g/mol. The summed E-state index contributed by atoms with van der Waals surface area (Å²) in [6.07, 6.45) is 1.89. The van der Waals surface area contributed by atoms with E-state index in [0.717, 1.165) is 16.7 Å². The van der Waals surface area contributed by atoms with E-state index >= 15 is 0 Å². The van der Waals surface area contributed by atoms with Gasteiger partial charge in [-0.25, -0.2) is 18.4 Å². The lowest BCUT2D eigenvalue weighted by molar-refractivity contribution is -0.127. The standard InChI is InChI=1S/C21H24N4O4S/c1-4-15-10-29-11-21(26)25(15)20-9-14(12-30(3,27)28)8-19(24-20)17-6-5-16-18(23-17)7-13(2)22-16/h5-9,15,22H,4,10-12H2,1-3H3/t15-/m0/s1. The summed E-state index contributed by atoms with van der Waals surface area (Å²) in [4.78, 5) is 26.8. The lowest BCUT2D eigenvalue weighted by atomic mass is 10.1. The molecule has 3 aromatic heterocycles. The second-order valence-corrected chi connectivity index (χ2v) is 9.85. The van der Waals surface area contributed by atoms with Crippen molar-refractivity contribution in [3.8, 4) is 11.4 Å². The van der Waals surface area contributed by atoms with Crippen LogP contribution in [0, 0.1) is 6.92 Å². The molecule has 0 radical (unpaired) electrons. The number of aromatic amines is 1. The molecule has 30 heavy (non-hydrogen) atoms. The van der Waals surface area contributed by atoms with Crippen molar-refractivity contribution in [2.24, 2.45) is 0 Å². The van der Waals surface area contributed by atoms with E-state index in [2.05, 4.69) is 9.97 Å². The van der Waals surface area contributed by atoms with Crippen LogP contribution in [-0.4, -0.2) is 54.8 Å². The highest BCUT2D eigenvalue weighted by molar-refractivity contribution is 7.89. The van der Waals surface area contributed by atoms with Crippen LogP contribution in [0.2, 0.25) is 0 Å². The van der Waals surface area contributed by atoms with Gasteiger partial charge in [0.25, 0.3) is 5.91 Å². The number of H-pyrrole nitrogens is 1. The molecule has 0 unspecified atom stereocenters. The molecule has 158 valence electrons. The van der Waals surface area contributed by atoms with Crippen LogP contribution < -0.4 is 4.90 Å². The molecule has 3 aromatic rings. The molecule has 0 aromatic carbocycles. The quantitative estimate of drug-likeness (QED) is 0.670. The molecular formula is C21H24N4O4S. The van der Waals surface area contributed by atoms with Crippen LogP contribution in [0.5, 0.6) is 0 Å². The molecule has 1 N–H and O–H groups in total. The van der Waals surface area contributed by atoms with Crippen LogP contribution in [-0.2, 0) is 25.1 Å². The molecule has 1 aliphatic rings. The van der Waals surface area contributed by atoms with Crippen LogP contribution >= 0.6 is 0 Å². The summed E-state index contributed by atoms with van der Waals surface area (Å²) in [6, 6.07) is 8.96. The molecule has 0 saturated carbocycles. The van der Waals surface area contributed by atoms with Gasteiger partial charge in [-0.15, -0.1) is 0 Å². The number of carbonyl (C=O) groups excluding carboxylic acids is 1. The van der Waals surface area contributed by atoms with Crippen molar-refractivity contribution in [2.75, 3.05) is 24.4 Å². The van der Waals surface area contributed by atoms with Crippen molar-refractivity contribution in [2.45, 2.75) is 32.1 Å². The van der Waals surface area contributed by atoms with Gasteiger partial charge >= 0.3 is 0 Å². The van der Waals surface area contributed by atoms with Crippen LogP contribution in [0.25, 0.3) is 22.4 Å². The SMILES string of the molecule is CC[C@H]1COCC(=O)N1c1cc(CS(C)(=O)=O)cc(-c2ccc3[nH]c(C)cc3n2)n1. The largest absolute Gasteiger partial charge is 0.369 e. The minimum absolute atomic E-state index is 0.0172. The molecule has 1 aliphatic heterocycles. The van der Waals surface area contributed by atoms with Crippen LogP contribution in [0.1, 0.15) is 24.6 Å². The summed E-state index contributed by atoms with van der Waals surface area (Å²) in [5, 5.41) is 0. The Labute approximate surface area is 175 Å². The molecule has 1 fully saturated rings. The first-order chi connectivity index (χ1) is 14.2. The Balaban J connectivity index is 1.85. The molecule has 8 nitrogen and oxygen atoms in total. The topological polar surface area (TPSA) is 105 Å². The Hall–Kier alpha value is -2.78. The first kappa shape index (κ1) is 20.5. The third kappa shape index (κ3) is 4.22. The number of aryl methyl sites for hydroxylation is 1. The molecule has 0 bridgehead atoms. The number of fused-ring (bicyclic) bond motifs is 1. The van der Waals surface area contributed by atoms with Gasteiger partial charge in [-0.05, 0) is 49.2 Å². The van der Waals surface area contributed by atoms with E-state index in [1.165, 1.54) is 6.26 Å². The number of sulfone groups is 1. The minimum Gasteiger partial charge on any atom is -0.369 e. The predicted octanol–water partition coefficient (Wildman–Crippen LogP) is 2.62. The lowest BCUT2D eigenvalue weighted by Gasteiger charge is -2.34. The van der Waals surface area contributed by atoms with E-state index in [1.807, 2.05) is 32.0 Å². The van der Waals surface area contributed by atoms with Crippen molar-refractivity contribution in [3.05, 3.63) is 41.6 Å². The molecule has 4 rings (SSSR count). The number of morpholine rings is 1. The maximum Gasteiger partial charge on any atom is 0.254 e. The van der Waals surface area contributed by atoms with Gasteiger partial charge in [0.05, 0.1) is 40.8 Å². The van der Waals surface area contributed by atoms with Crippen LogP contribution in [0.15, 0.2) is 30.3 Å². The van der Waals surface area contributed by atoms with Crippen molar-refractivity contribution in [1.82, 2.24) is 15.0 Å². The third-order valence-corrected chi connectivity index (χ3v) is 5.92. The zero-order valence-corrected chi connectivity index (χ0v) is 18.0. The Morgan fingerprint density at radius 3 is 2.73 bits per heavy atom. The fraction of sp³-hybridized carbons (Fsp3) is 0.381. The summed E-state index contributed by atoms with van der Waals surface area (Å²) in [5.41, 5.74) is 4.43.